The van der Waals surface area contributed by atoms with E-state index in [9.17, 15) is 0 Å². The van der Waals surface area contributed by atoms with Crippen molar-refractivity contribution in [3.05, 3.63) is 35.4 Å². The molecule has 1 aliphatic heterocycles. The van der Waals surface area contributed by atoms with Gasteiger partial charge in [-0.3, -0.25) is 0 Å². The molecule has 0 saturated carbocycles. The van der Waals surface area contributed by atoms with Gasteiger partial charge in [-0.1, -0.05) is 37.6 Å². The third-order valence-corrected chi connectivity index (χ3v) is 3.45. The first kappa shape index (κ1) is 11.6. The minimum absolute atomic E-state index is 0.0828. The third-order valence-electron chi connectivity index (χ3n) is 3.45. The van der Waals surface area contributed by atoms with Crippen LogP contribution in [0.5, 0.6) is 0 Å². The number of aliphatic hydroxyl groups is 1. The van der Waals surface area contributed by atoms with Crippen molar-refractivity contribution in [2.75, 3.05) is 19.8 Å². The van der Waals surface area contributed by atoms with Crippen molar-refractivity contribution in [3.8, 4) is 0 Å². The van der Waals surface area contributed by atoms with E-state index in [1.807, 2.05) is 0 Å². The van der Waals surface area contributed by atoms with Crippen LogP contribution in [0.3, 0.4) is 0 Å². The Morgan fingerprint density at radius 3 is 2.38 bits per heavy atom. The molecule has 0 spiro atoms. The Labute approximate surface area is 97.3 Å². The molecule has 1 fully saturated rings. The van der Waals surface area contributed by atoms with Gasteiger partial charge < -0.3 is 9.84 Å². The fourth-order valence-electron chi connectivity index (χ4n) is 2.33. The summed E-state index contributed by atoms with van der Waals surface area (Å²) < 4.78 is 5.31. The molecule has 1 saturated heterocycles. The van der Waals surface area contributed by atoms with Crippen LogP contribution in [0.2, 0.25) is 0 Å². The Morgan fingerprint density at radius 1 is 1.25 bits per heavy atom. The number of hydrogen-bond donors (Lipinski definition) is 1. The summed E-state index contributed by atoms with van der Waals surface area (Å²) in [5, 5.41) is 9.11. The highest BCUT2D eigenvalue weighted by molar-refractivity contribution is 5.31. The molecule has 0 radical (unpaired) electrons. The van der Waals surface area contributed by atoms with Gasteiger partial charge in [-0.05, 0) is 24.0 Å². The average Bonchev–Trinajstić information content (AvgIpc) is 2.25. The highest BCUT2D eigenvalue weighted by Crippen LogP contribution is 2.35. The molecule has 1 heterocycles. The van der Waals surface area contributed by atoms with Crippen molar-refractivity contribution in [1.82, 2.24) is 0 Å². The molecule has 16 heavy (non-hydrogen) atoms. The van der Waals surface area contributed by atoms with Gasteiger partial charge in [0.15, 0.2) is 0 Å². The van der Waals surface area contributed by atoms with Crippen LogP contribution in [0.1, 0.15) is 30.9 Å². The first-order valence-corrected chi connectivity index (χ1v) is 6.09. The first-order chi connectivity index (χ1) is 7.80. The number of aryl methyl sites for hydroxylation is 1. The van der Waals surface area contributed by atoms with Crippen molar-refractivity contribution in [3.63, 3.8) is 0 Å². The van der Waals surface area contributed by atoms with Crippen LogP contribution in [0.4, 0.5) is 0 Å². The normalized spacial score (nSPS) is 18.1. The van der Waals surface area contributed by atoms with Gasteiger partial charge in [0, 0.05) is 12.0 Å². The summed E-state index contributed by atoms with van der Waals surface area (Å²) in [6, 6.07) is 8.80. The lowest BCUT2D eigenvalue weighted by Gasteiger charge is -2.41. The SMILES string of the molecule is CCCc1ccc(C2(CCO)COC2)cc1. The molecule has 2 heteroatoms. The van der Waals surface area contributed by atoms with E-state index >= 15 is 0 Å². The Balaban J connectivity index is 2.13. The minimum Gasteiger partial charge on any atom is -0.396 e. The molecule has 1 N–H and O–H groups in total. The van der Waals surface area contributed by atoms with E-state index in [0.717, 1.165) is 26.1 Å². The fourth-order valence-corrected chi connectivity index (χ4v) is 2.33. The van der Waals surface area contributed by atoms with Crippen molar-refractivity contribution in [1.29, 1.82) is 0 Å². The largest absolute Gasteiger partial charge is 0.396 e. The first-order valence-electron chi connectivity index (χ1n) is 6.09. The summed E-state index contributed by atoms with van der Waals surface area (Å²) >= 11 is 0. The third kappa shape index (κ3) is 2.13. The van der Waals surface area contributed by atoms with Gasteiger partial charge in [-0.25, -0.2) is 0 Å². The van der Waals surface area contributed by atoms with E-state index in [4.69, 9.17) is 9.84 Å². The smallest absolute Gasteiger partial charge is 0.0586 e. The average molecular weight is 220 g/mol. The zero-order valence-electron chi connectivity index (χ0n) is 9.91. The van der Waals surface area contributed by atoms with Crippen LogP contribution >= 0.6 is 0 Å². The van der Waals surface area contributed by atoms with E-state index in [-0.39, 0.29) is 12.0 Å². The van der Waals surface area contributed by atoms with Crippen molar-refractivity contribution >= 4 is 0 Å². The van der Waals surface area contributed by atoms with E-state index in [1.54, 1.807) is 0 Å². The molecular formula is C14H20O2. The van der Waals surface area contributed by atoms with Gasteiger partial charge in [-0.2, -0.15) is 0 Å². The number of rotatable bonds is 5. The maximum Gasteiger partial charge on any atom is 0.0586 e. The van der Waals surface area contributed by atoms with Crippen LogP contribution < -0.4 is 0 Å². The second-order valence-electron chi connectivity index (χ2n) is 4.69. The Morgan fingerprint density at radius 2 is 1.94 bits per heavy atom. The number of hydrogen-bond acceptors (Lipinski definition) is 2. The zero-order valence-corrected chi connectivity index (χ0v) is 9.91. The zero-order chi connectivity index (χ0) is 11.4. The van der Waals surface area contributed by atoms with Crippen LogP contribution in [-0.4, -0.2) is 24.9 Å². The summed E-state index contributed by atoms with van der Waals surface area (Å²) in [7, 11) is 0. The number of ether oxygens (including phenoxy) is 1. The van der Waals surface area contributed by atoms with Gasteiger partial charge in [0.2, 0.25) is 0 Å². The summed E-state index contributed by atoms with van der Waals surface area (Å²) in [5.74, 6) is 0. The van der Waals surface area contributed by atoms with Crippen LogP contribution in [0, 0.1) is 0 Å². The molecule has 0 bridgehead atoms. The standard InChI is InChI=1S/C14H20O2/c1-2-3-12-4-6-13(7-5-12)14(8-9-15)10-16-11-14/h4-7,15H,2-3,8-11H2,1H3. The number of benzene rings is 1. The number of aliphatic hydroxyl groups excluding tert-OH is 1. The van der Waals surface area contributed by atoms with Crippen molar-refractivity contribution in [2.45, 2.75) is 31.6 Å². The lowest BCUT2D eigenvalue weighted by molar-refractivity contribution is -0.0701. The fraction of sp³-hybridized carbons (Fsp3) is 0.571. The topological polar surface area (TPSA) is 29.5 Å². The Kier molecular flexibility index (Phi) is 3.62. The van der Waals surface area contributed by atoms with Crippen molar-refractivity contribution < 1.29 is 9.84 Å². The van der Waals surface area contributed by atoms with Crippen LogP contribution in [0.15, 0.2) is 24.3 Å². The molecule has 1 aromatic rings. The maximum absolute atomic E-state index is 9.11. The molecule has 0 atom stereocenters. The second-order valence-corrected chi connectivity index (χ2v) is 4.69. The maximum atomic E-state index is 9.11. The van der Waals surface area contributed by atoms with Gasteiger partial charge in [0.25, 0.3) is 0 Å². The molecular weight excluding hydrogens is 200 g/mol. The van der Waals surface area contributed by atoms with Gasteiger partial charge >= 0.3 is 0 Å². The molecule has 1 aliphatic rings. The Hall–Kier alpha value is -0.860. The van der Waals surface area contributed by atoms with E-state index in [2.05, 4.69) is 31.2 Å². The summed E-state index contributed by atoms with van der Waals surface area (Å²) in [6.45, 7) is 3.93. The van der Waals surface area contributed by atoms with Gasteiger partial charge in [-0.15, -0.1) is 0 Å². The van der Waals surface area contributed by atoms with E-state index < -0.39 is 0 Å². The molecule has 2 nitrogen and oxygen atoms in total. The van der Waals surface area contributed by atoms with Crippen LogP contribution in [0.25, 0.3) is 0 Å². The lowest BCUT2D eigenvalue weighted by atomic mass is 9.76. The molecule has 0 aromatic heterocycles. The summed E-state index contributed by atoms with van der Waals surface area (Å²) in [6.07, 6.45) is 3.13. The van der Waals surface area contributed by atoms with Crippen molar-refractivity contribution in [2.24, 2.45) is 0 Å². The monoisotopic (exact) mass is 220 g/mol. The predicted molar refractivity (Wildman–Crippen MR) is 64.6 cm³/mol. The van der Waals surface area contributed by atoms with Gasteiger partial charge in [0.1, 0.15) is 0 Å². The molecule has 0 unspecified atom stereocenters. The quantitative estimate of drug-likeness (QED) is 0.825. The summed E-state index contributed by atoms with van der Waals surface area (Å²) in [5.41, 5.74) is 2.79. The summed E-state index contributed by atoms with van der Waals surface area (Å²) in [4.78, 5) is 0. The lowest BCUT2D eigenvalue weighted by Crippen LogP contribution is -2.47. The van der Waals surface area contributed by atoms with Gasteiger partial charge in [0.05, 0.1) is 13.2 Å². The molecule has 0 aliphatic carbocycles. The molecule has 1 aromatic carbocycles. The minimum atomic E-state index is 0.0828. The van der Waals surface area contributed by atoms with Crippen LogP contribution in [-0.2, 0) is 16.6 Å². The Bertz CT molecular complexity index is 325. The molecule has 2 rings (SSSR count). The van der Waals surface area contributed by atoms with E-state index in [1.165, 1.54) is 17.5 Å². The highest BCUT2D eigenvalue weighted by Gasteiger charge is 2.39. The second kappa shape index (κ2) is 4.98. The predicted octanol–water partition coefficient (Wildman–Crippen LogP) is 2.29. The highest BCUT2D eigenvalue weighted by atomic mass is 16.5. The molecule has 88 valence electrons. The molecule has 0 amide bonds. The van der Waals surface area contributed by atoms with E-state index in [0.29, 0.717) is 0 Å².